The molecule has 39 heavy (non-hydrogen) atoms. The summed E-state index contributed by atoms with van der Waals surface area (Å²) in [4.78, 5) is 29.6. The Kier molecular flexibility index (Phi) is 9.44. The Morgan fingerprint density at radius 1 is 1.00 bits per heavy atom. The van der Waals surface area contributed by atoms with Crippen molar-refractivity contribution in [2.75, 3.05) is 25.6 Å². The van der Waals surface area contributed by atoms with Gasteiger partial charge >= 0.3 is 11.9 Å². The fraction of sp³-hybridized carbons (Fsp3) is 0.300. The molecule has 204 valence electrons. The lowest BCUT2D eigenvalue weighted by Gasteiger charge is -2.12. The van der Waals surface area contributed by atoms with E-state index in [4.69, 9.17) is 30.8 Å². The van der Waals surface area contributed by atoms with E-state index < -0.39 is 11.9 Å². The summed E-state index contributed by atoms with van der Waals surface area (Å²) in [5, 5.41) is 3.63. The van der Waals surface area contributed by atoms with E-state index >= 15 is 0 Å². The normalized spacial score (nSPS) is 10.9. The lowest BCUT2D eigenvalue weighted by Crippen LogP contribution is -2.17. The van der Waals surface area contributed by atoms with E-state index in [0.29, 0.717) is 39.1 Å². The van der Waals surface area contributed by atoms with E-state index in [9.17, 15) is 9.59 Å². The summed E-state index contributed by atoms with van der Waals surface area (Å²) in [7, 11) is 1.50. The molecule has 0 atom stereocenters. The highest BCUT2D eigenvalue weighted by atomic mass is 35.5. The predicted octanol–water partition coefficient (Wildman–Crippen LogP) is 6.59. The van der Waals surface area contributed by atoms with Gasteiger partial charge in [0.05, 0.1) is 24.3 Å². The maximum atomic E-state index is 12.9. The maximum Gasteiger partial charge on any atom is 0.343 e. The highest BCUT2D eigenvalue weighted by Gasteiger charge is 2.19. The Morgan fingerprint density at radius 2 is 1.79 bits per heavy atom. The van der Waals surface area contributed by atoms with Crippen molar-refractivity contribution in [1.29, 1.82) is 0 Å². The molecule has 0 aliphatic carbocycles. The topological polar surface area (TPSA) is 91.2 Å². The zero-order valence-electron chi connectivity index (χ0n) is 22.3. The zero-order valence-corrected chi connectivity index (χ0v) is 23.1. The number of ether oxygens (including phenoxy) is 3. The third-order valence-corrected chi connectivity index (χ3v) is 6.41. The minimum absolute atomic E-state index is 0.0502. The van der Waals surface area contributed by atoms with Crippen molar-refractivity contribution in [2.45, 2.75) is 39.5 Å². The molecule has 2 aromatic carbocycles. The van der Waals surface area contributed by atoms with Gasteiger partial charge in [0.1, 0.15) is 23.7 Å². The number of aromatic nitrogens is 2. The molecule has 9 heteroatoms. The van der Waals surface area contributed by atoms with Crippen LogP contribution < -0.4 is 14.8 Å². The molecule has 4 aromatic rings. The Hall–Kier alpha value is -4.04. The summed E-state index contributed by atoms with van der Waals surface area (Å²) in [5.74, 6) is 0.343. The fourth-order valence-electron chi connectivity index (χ4n) is 4.20. The van der Waals surface area contributed by atoms with Gasteiger partial charge < -0.3 is 19.5 Å². The third kappa shape index (κ3) is 6.89. The number of fused-ring (bicyclic) bond motifs is 1. The SMILES string of the molecule is CCCCCc1ccc(C(=O)Oc2ccc(-c3nc4ccc(Cl)cn4c3NCC(=O)OCC)cc2OC)cc1. The number of imidazole rings is 1. The number of aryl methyl sites for hydroxylation is 1. The fourth-order valence-corrected chi connectivity index (χ4v) is 4.36. The van der Waals surface area contributed by atoms with Gasteiger partial charge in [-0.15, -0.1) is 0 Å². The van der Waals surface area contributed by atoms with Gasteiger partial charge in [-0.2, -0.15) is 0 Å². The number of carbonyl (C=O) groups is 2. The molecule has 0 fully saturated rings. The van der Waals surface area contributed by atoms with Crippen LogP contribution in [0.25, 0.3) is 16.9 Å². The van der Waals surface area contributed by atoms with Crippen LogP contribution in [0.1, 0.15) is 49.0 Å². The lowest BCUT2D eigenvalue weighted by atomic mass is 10.1. The van der Waals surface area contributed by atoms with Crippen molar-refractivity contribution in [3.63, 3.8) is 0 Å². The quantitative estimate of drug-likeness (QED) is 0.121. The van der Waals surface area contributed by atoms with Gasteiger partial charge in [0.15, 0.2) is 11.5 Å². The maximum absolute atomic E-state index is 12.9. The van der Waals surface area contributed by atoms with E-state index in [0.717, 1.165) is 12.8 Å². The molecule has 0 aliphatic rings. The number of anilines is 1. The molecular formula is C30H32ClN3O5. The molecule has 2 heterocycles. The number of methoxy groups -OCH3 is 1. The smallest absolute Gasteiger partial charge is 0.343 e. The number of rotatable bonds is 12. The average Bonchev–Trinajstić information content (AvgIpc) is 3.30. The number of pyridine rings is 1. The number of hydrogen-bond donors (Lipinski definition) is 1. The van der Waals surface area contributed by atoms with Crippen LogP contribution in [-0.2, 0) is 16.0 Å². The lowest BCUT2D eigenvalue weighted by molar-refractivity contribution is -0.140. The molecule has 2 aromatic heterocycles. The molecule has 8 nitrogen and oxygen atoms in total. The standard InChI is InChI=1S/C30H32ClN3O5/c1-4-6-7-8-20-9-11-21(12-10-20)30(36)39-24-15-13-22(17-25(24)37-3)28-29(32-18-27(35)38-5-2)34-19-23(31)14-16-26(34)33-28/h9-17,19,32H,4-8,18H2,1-3H3. The van der Waals surface area contributed by atoms with E-state index in [1.807, 2.05) is 12.1 Å². The molecule has 0 aliphatic heterocycles. The van der Waals surface area contributed by atoms with Gasteiger partial charge in [0, 0.05) is 11.8 Å². The van der Waals surface area contributed by atoms with E-state index in [1.165, 1.54) is 25.5 Å². The van der Waals surface area contributed by atoms with Crippen molar-refractivity contribution < 1.29 is 23.8 Å². The number of carbonyl (C=O) groups excluding carboxylic acids is 2. The number of esters is 2. The summed E-state index contributed by atoms with van der Waals surface area (Å²) in [5.41, 5.74) is 3.55. The van der Waals surface area contributed by atoms with Gasteiger partial charge in [-0.25, -0.2) is 9.78 Å². The minimum Gasteiger partial charge on any atom is -0.493 e. The highest BCUT2D eigenvalue weighted by Crippen LogP contribution is 2.36. The first-order valence-electron chi connectivity index (χ1n) is 13.0. The first-order chi connectivity index (χ1) is 18.9. The second-order valence-corrected chi connectivity index (χ2v) is 9.39. The summed E-state index contributed by atoms with van der Waals surface area (Å²) in [6, 6.07) is 16.2. The Morgan fingerprint density at radius 3 is 2.51 bits per heavy atom. The van der Waals surface area contributed by atoms with Crippen LogP contribution in [0.5, 0.6) is 11.5 Å². The minimum atomic E-state index is -0.472. The number of benzene rings is 2. The van der Waals surface area contributed by atoms with E-state index in [2.05, 4.69) is 12.2 Å². The van der Waals surface area contributed by atoms with Crippen molar-refractivity contribution in [3.05, 3.63) is 76.9 Å². The molecule has 1 N–H and O–H groups in total. The van der Waals surface area contributed by atoms with Crippen LogP contribution in [0.15, 0.2) is 60.8 Å². The van der Waals surface area contributed by atoms with Crippen molar-refractivity contribution in [3.8, 4) is 22.8 Å². The number of hydrogen-bond acceptors (Lipinski definition) is 7. The molecule has 0 saturated heterocycles. The van der Waals surface area contributed by atoms with Crippen molar-refractivity contribution in [2.24, 2.45) is 0 Å². The molecular weight excluding hydrogens is 518 g/mol. The summed E-state index contributed by atoms with van der Waals surface area (Å²) < 4.78 is 18.0. The number of nitrogens with one attached hydrogen (secondary N) is 1. The first kappa shape index (κ1) is 28.0. The summed E-state index contributed by atoms with van der Waals surface area (Å²) in [6.45, 7) is 4.16. The monoisotopic (exact) mass is 549 g/mol. The van der Waals surface area contributed by atoms with Crippen LogP contribution in [0.3, 0.4) is 0 Å². The van der Waals surface area contributed by atoms with E-state index in [-0.39, 0.29) is 18.9 Å². The number of halogens is 1. The van der Waals surface area contributed by atoms with Crippen LogP contribution >= 0.6 is 11.6 Å². The third-order valence-electron chi connectivity index (χ3n) is 6.19. The largest absolute Gasteiger partial charge is 0.493 e. The highest BCUT2D eigenvalue weighted by molar-refractivity contribution is 6.30. The van der Waals surface area contributed by atoms with Crippen LogP contribution in [0, 0.1) is 0 Å². The second-order valence-electron chi connectivity index (χ2n) is 8.95. The second kappa shape index (κ2) is 13.2. The molecule has 0 saturated carbocycles. The van der Waals surface area contributed by atoms with Gasteiger partial charge in [-0.1, -0.05) is 43.5 Å². The van der Waals surface area contributed by atoms with Gasteiger partial charge in [0.25, 0.3) is 0 Å². The van der Waals surface area contributed by atoms with Crippen molar-refractivity contribution >= 4 is 35.0 Å². The Bertz CT molecular complexity index is 1450. The van der Waals surface area contributed by atoms with Crippen LogP contribution in [0.4, 0.5) is 5.82 Å². The van der Waals surface area contributed by atoms with Gasteiger partial charge in [-0.05, 0) is 67.8 Å². The van der Waals surface area contributed by atoms with Gasteiger partial charge in [-0.3, -0.25) is 9.20 Å². The van der Waals surface area contributed by atoms with E-state index in [1.54, 1.807) is 60.0 Å². The summed E-state index contributed by atoms with van der Waals surface area (Å²) >= 11 is 6.23. The predicted molar refractivity (Wildman–Crippen MR) is 152 cm³/mol. The Balaban J connectivity index is 1.58. The Labute approximate surface area is 232 Å². The number of unbranched alkanes of at least 4 members (excludes halogenated alkanes) is 2. The molecule has 0 bridgehead atoms. The van der Waals surface area contributed by atoms with Crippen molar-refractivity contribution in [1.82, 2.24) is 9.38 Å². The molecule has 4 rings (SSSR count). The zero-order chi connectivity index (χ0) is 27.8. The molecule has 0 unspecified atom stereocenters. The number of nitrogens with zero attached hydrogens (tertiary/aromatic N) is 2. The summed E-state index contributed by atoms with van der Waals surface area (Å²) in [6.07, 6.45) is 6.18. The average molecular weight is 550 g/mol. The molecule has 0 amide bonds. The molecule has 0 radical (unpaired) electrons. The van der Waals surface area contributed by atoms with Crippen LogP contribution in [0.2, 0.25) is 5.02 Å². The van der Waals surface area contributed by atoms with Gasteiger partial charge in [0.2, 0.25) is 0 Å². The van der Waals surface area contributed by atoms with Crippen LogP contribution in [-0.4, -0.2) is 41.6 Å². The first-order valence-corrected chi connectivity index (χ1v) is 13.4. The molecule has 0 spiro atoms.